The average molecular weight is 512 g/mol. The monoisotopic (exact) mass is 511 g/mol. The number of esters is 1. The van der Waals surface area contributed by atoms with Crippen LogP contribution in [0.2, 0.25) is 0 Å². The van der Waals surface area contributed by atoms with Crippen molar-refractivity contribution in [1.29, 1.82) is 0 Å². The van der Waals surface area contributed by atoms with Crippen LogP contribution in [0.3, 0.4) is 0 Å². The molecule has 0 unspecified atom stereocenters. The van der Waals surface area contributed by atoms with Crippen molar-refractivity contribution in [3.63, 3.8) is 0 Å². The van der Waals surface area contributed by atoms with Gasteiger partial charge in [0.15, 0.2) is 11.5 Å². The van der Waals surface area contributed by atoms with Gasteiger partial charge in [-0.25, -0.2) is 4.98 Å². The highest BCUT2D eigenvalue weighted by Gasteiger charge is 2.31. The zero-order chi connectivity index (χ0) is 23.5. The van der Waals surface area contributed by atoms with E-state index in [1.54, 1.807) is 25.1 Å². The molecular weight excluding hydrogens is 495 g/mol. The topological polar surface area (TPSA) is 85.7 Å². The molecule has 0 aliphatic rings. The van der Waals surface area contributed by atoms with Crippen LogP contribution in [0.4, 0.5) is 13.2 Å². The maximum Gasteiger partial charge on any atom is 0.573 e. The first-order chi connectivity index (χ1) is 15.1. The molecule has 0 fully saturated rings. The number of aromatic nitrogens is 1. The summed E-state index contributed by atoms with van der Waals surface area (Å²) in [5.41, 5.74) is 1.41. The average Bonchev–Trinajstić information content (AvgIpc) is 2.74. The van der Waals surface area contributed by atoms with E-state index < -0.39 is 18.1 Å². The summed E-state index contributed by atoms with van der Waals surface area (Å²) < 4.78 is 46.0. The second-order valence-electron chi connectivity index (χ2n) is 6.66. The minimum Gasteiger partial charge on any atom is -0.504 e. The minimum atomic E-state index is -4.78. The number of ether oxygens (including phenoxy) is 2. The summed E-state index contributed by atoms with van der Waals surface area (Å²) in [6.45, 7) is 1.85. The van der Waals surface area contributed by atoms with Crippen molar-refractivity contribution >= 4 is 38.6 Å². The Morgan fingerprint density at radius 2 is 1.72 bits per heavy atom. The van der Waals surface area contributed by atoms with Crippen LogP contribution in [0.5, 0.6) is 11.5 Å². The SMILES string of the molecule is CCOC(=O)CCC(=O)c1nc2cc(-c3ccc(OC(F)(F)F)cc3)ccc2c(Br)c1O. The first-order valence-electron chi connectivity index (χ1n) is 9.46. The Morgan fingerprint density at radius 1 is 1.06 bits per heavy atom. The van der Waals surface area contributed by atoms with Gasteiger partial charge in [0.2, 0.25) is 0 Å². The van der Waals surface area contributed by atoms with Gasteiger partial charge in [0.1, 0.15) is 11.4 Å². The highest BCUT2D eigenvalue weighted by molar-refractivity contribution is 9.10. The molecule has 3 rings (SSSR count). The Hall–Kier alpha value is -3.14. The number of carbonyl (C=O) groups excluding carboxylic acids is 2. The van der Waals surface area contributed by atoms with Crippen LogP contribution >= 0.6 is 15.9 Å². The van der Waals surface area contributed by atoms with Crippen molar-refractivity contribution in [1.82, 2.24) is 4.98 Å². The predicted molar refractivity (Wildman–Crippen MR) is 113 cm³/mol. The minimum absolute atomic E-state index is 0.143. The molecule has 0 spiro atoms. The van der Waals surface area contributed by atoms with E-state index >= 15 is 0 Å². The van der Waals surface area contributed by atoms with E-state index in [1.807, 2.05) is 0 Å². The number of hydrogen-bond donors (Lipinski definition) is 1. The van der Waals surface area contributed by atoms with E-state index in [1.165, 1.54) is 24.3 Å². The molecule has 32 heavy (non-hydrogen) atoms. The lowest BCUT2D eigenvalue weighted by Crippen LogP contribution is -2.16. The molecule has 0 saturated heterocycles. The summed E-state index contributed by atoms with van der Waals surface area (Å²) in [4.78, 5) is 28.3. The van der Waals surface area contributed by atoms with Crippen LogP contribution in [0.15, 0.2) is 46.9 Å². The number of rotatable bonds is 7. The van der Waals surface area contributed by atoms with Crippen molar-refractivity contribution in [2.24, 2.45) is 0 Å². The van der Waals surface area contributed by atoms with E-state index in [-0.39, 0.29) is 41.1 Å². The number of alkyl halides is 3. The molecule has 0 radical (unpaired) electrons. The molecule has 0 amide bonds. The number of hydrogen-bond acceptors (Lipinski definition) is 6. The third-order valence-electron chi connectivity index (χ3n) is 4.45. The van der Waals surface area contributed by atoms with Gasteiger partial charge in [-0.05, 0) is 52.2 Å². The number of nitrogens with zero attached hydrogens (tertiary/aromatic N) is 1. The molecule has 1 heterocycles. The summed E-state index contributed by atoms with van der Waals surface area (Å²) in [7, 11) is 0. The predicted octanol–water partition coefficient (Wildman–Crippen LogP) is 5.79. The number of aromatic hydroxyl groups is 1. The fourth-order valence-corrected chi connectivity index (χ4v) is 3.53. The number of benzene rings is 2. The lowest BCUT2D eigenvalue weighted by atomic mass is 10.0. The number of ketones is 1. The molecule has 10 heteroatoms. The highest BCUT2D eigenvalue weighted by Crippen LogP contribution is 2.36. The van der Waals surface area contributed by atoms with Gasteiger partial charge in [0.25, 0.3) is 0 Å². The summed E-state index contributed by atoms with van der Waals surface area (Å²) in [5.74, 6) is -1.74. The number of pyridine rings is 1. The van der Waals surface area contributed by atoms with E-state index in [0.717, 1.165) is 0 Å². The molecule has 0 saturated carbocycles. The Labute approximate surface area is 189 Å². The Kier molecular flexibility index (Phi) is 7.02. The first-order valence-corrected chi connectivity index (χ1v) is 10.3. The molecule has 3 aromatic rings. The second kappa shape index (κ2) is 9.56. The molecule has 0 bridgehead atoms. The molecule has 168 valence electrons. The number of Topliss-reactive ketones (excluding diaryl/α,β-unsaturated/α-hetero) is 1. The standard InChI is InChI=1S/C22H17BrF3NO5/c1-2-31-18(29)10-9-17(28)20-21(30)19(23)15-8-5-13(11-16(15)27-20)12-3-6-14(7-4-12)32-22(24,25)26/h3-8,11,30H,2,9-10H2,1H3. The third-order valence-corrected chi connectivity index (χ3v) is 5.25. The molecule has 1 N–H and O–H groups in total. The fraction of sp³-hybridized carbons (Fsp3) is 0.227. The van der Waals surface area contributed by atoms with Crippen LogP contribution in [-0.4, -0.2) is 34.8 Å². The maximum absolute atomic E-state index is 12.5. The van der Waals surface area contributed by atoms with Gasteiger partial charge in [-0.15, -0.1) is 13.2 Å². The summed E-state index contributed by atoms with van der Waals surface area (Å²) in [6, 6.07) is 10.3. The van der Waals surface area contributed by atoms with E-state index in [2.05, 4.69) is 25.7 Å². The summed E-state index contributed by atoms with van der Waals surface area (Å²) in [5, 5.41) is 10.9. The number of halogens is 4. The lowest BCUT2D eigenvalue weighted by molar-refractivity contribution is -0.274. The van der Waals surface area contributed by atoms with Gasteiger partial charge in [-0.3, -0.25) is 9.59 Å². The second-order valence-corrected chi connectivity index (χ2v) is 7.45. The van der Waals surface area contributed by atoms with E-state index in [9.17, 15) is 27.9 Å². The van der Waals surface area contributed by atoms with Crippen molar-refractivity contribution < 1.29 is 37.3 Å². The molecule has 0 atom stereocenters. The van der Waals surface area contributed by atoms with Crippen LogP contribution < -0.4 is 4.74 Å². The highest BCUT2D eigenvalue weighted by atomic mass is 79.9. The van der Waals surface area contributed by atoms with Crippen molar-refractivity contribution in [2.75, 3.05) is 6.61 Å². The summed E-state index contributed by atoms with van der Waals surface area (Å²) in [6.07, 6.45) is -5.10. The van der Waals surface area contributed by atoms with Crippen molar-refractivity contribution in [3.05, 3.63) is 52.6 Å². The molecule has 6 nitrogen and oxygen atoms in total. The Morgan fingerprint density at radius 3 is 2.34 bits per heavy atom. The number of fused-ring (bicyclic) bond motifs is 1. The van der Waals surface area contributed by atoms with E-state index in [4.69, 9.17) is 4.74 Å². The van der Waals surface area contributed by atoms with Gasteiger partial charge in [-0.1, -0.05) is 24.3 Å². The van der Waals surface area contributed by atoms with Crippen LogP contribution in [-0.2, 0) is 9.53 Å². The molecule has 0 aliphatic heterocycles. The fourth-order valence-electron chi connectivity index (χ4n) is 3.00. The van der Waals surface area contributed by atoms with Crippen LogP contribution in [0.25, 0.3) is 22.0 Å². The van der Waals surface area contributed by atoms with Gasteiger partial charge in [-0.2, -0.15) is 0 Å². The molecule has 1 aromatic heterocycles. The Balaban J connectivity index is 1.91. The Bertz CT molecular complexity index is 1160. The van der Waals surface area contributed by atoms with Gasteiger partial charge < -0.3 is 14.6 Å². The van der Waals surface area contributed by atoms with Crippen molar-refractivity contribution in [2.45, 2.75) is 26.1 Å². The molecule has 2 aromatic carbocycles. The molecule has 0 aliphatic carbocycles. The van der Waals surface area contributed by atoms with Gasteiger partial charge >= 0.3 is 12.3 Å². The largest absolute Gasteiger partial charge is 0.573 e. The van der Waals surface area contributed by atoms with E-state index in [0.29, 0.717) is 22.0 Å². The van der Waals surface area contributed by atoms with Gasteiger partial charge in [0, 0.05) is 11.8 Å². The zero-order valence-corrected chi connectivity index (χ0v) is 18.3. The van der Waals surface area contributed by atoms with Crippen LogP contribution in [0.1, 0.15) is 30.3 Å². The maximum atomic E-state index is 12.5. The third kappa shape index (κ3) is 5.56. The lowest BCUT2D eigenvalue weighted by Gasteiger charge is -2.11. The smallest absolute Gasteiger partial charge is 0.504 e. The van der Waals surface area contributed by atoms with Crippen molar-refractivity contribution in [3.8, 4) is 22.6 Å². The quantitative estimate of drug-likeness (QED) is 0.319. The molecular formula is C22H17BrF3NO5. The van der Waals surface area contributed by atoms with Gasteiger partial charge in [0.05, 0.1) is 23.0 Å². The normalized spacial score (nSPS) is 11.4. The van der Waals surface area contributed by atoms with Crippen LogP contribution in [0, 0.1) is 0 Å². The zero-order valence-electron chi connectivity index (χ0n) is 16.7. The number of carbonyl (C=O) groups is 2. The first kappa shape index (κ1) is 23.5. The summed E-state index contributed by atoms with van der Waals surface area (Å²) >= 11 is 3.27.